The van der Waals surface area contributed by atoms with Gasteiger partial charge in [-0.1, -0.05) is 12.1 Å². The second-order valence-corrected chi connectivity index (χ2v) is 9.88. The topological polar surface area (TPSA) is 255 Å². The van der Waals surface area contributed by atoms with Crippen LogP contribution in [-0.4, -0.2) is 93.8 Å². The molecule has 0 heterocycles. The van der Waals surface area contributed by atoms with Gasteiger partial charge in [0.05, 0.1) is 12.1 Å². The van der Waals surface area contributed by atoms with Gasteiger partial charge >= 0.3 is 5.97 Å². The number of nitrogens with zero attached hydrogens (tertiary/aromatic N) is 1. The van der Waals surface area contributed by atoms with Crippen LogP contribution in [0.25, 0.3) is 0 Å². The highest BCUT2D eigenvalue weighted by Gasteiger charge is 2.31. The minimum absolute atomic E-state index is 0.0457. The molecule has 0 spiro atoms. The van der Waals surface area contributed by atoms with Crippen molar-refractivity contribution < 1.29 is 34.5 Å². The van der Waals surface area contributed by atoms with Crippen molar-refractivity contribution in [1.29, 1.82) is 0 Å². The smallest absolute Gasteiger partial charge is 0.328 e. The number of aliphatic hydroxyl groups excluding tert-OH is 1. The molecule has 0 aromatic heterocycles. The second-order valence-electron chi connectivity index (χ2n) is 8.89. The average molecular weight is 570 g/mol. The summed E-state index contributed by atoms with van der Waals surface area (Å²) in [6.07, 6.45) is 1.14. The van der Waals surface area contributed by atoms with Gasteiger partial charge in [-0.05, 0) is 62.3 Å². The summed E-state index contributed by atoms with van der Waals surface area (Å²) < 4.78 is 0. The molecule has 0 bridgehead atoms. The van der Waals surface area contributed by atoms with E-state index in [-0.39, 0.29) is 43.9 Å². The highest BCUT2D eigenvalue weighted by atomic mass is 32.2. The highest BCUT2D eigenvalue weighted by Crippen LogP contribution is 2.11. The van der Waals surface area contributed by atoms with Gasteiger partial charge in [0.1, 0.15) is 17.8 Å². The van der Waals surface area contributed by atoms with E-state index >= 15 is 0 Å². The van der Waals surface area contributed by atoms with Gasteiger partial charge in [-0.2, -0.15) is 11.8 Å². The Morgan fingerprint density at radius 3 is 2.08 bits per heavy atom. The molecule has 5 unspecified atom stereocenters. The zero-order valence-electron chi connectivity index (χ0n) is 22.0. The molecule has 14 nitrogen and oxygen atoms in total. The first-order valence-electron chi connectivity index (χ1n) is 12.3. The van der Waals surface area contributed by atoms with E-state index in [1.165, 1.54) is 30.8 Å². The predicted octanol–water partition coefficient (Wildman–Crippen LogP) is -2.01. The Balaban J connectivity index is 3.00. The third-order valence-corrected chi connectivity index (χ3v) is 6.24. The van der Waals surface area contributed by atoms with Crippen molar-refractivity contribution in [3.8, 4) is 5.75 Å². The molecule has 0 aliphatic carbocycles. The van der Waals surface area contributed by atoms with Crippen molar-refractivity contribution in [1.82, 2.24) is 16.0 Å². The number of phenols is 1. The molecule has 218 valence electrons. The van der Waals surface area contributed by atoms with Crippen LogP contribution in [0.5, 0.6) is 5.75 Å². The molecule has 0 saturated carbocycles. The van der Waals surface area contributed by atoms with Gasteiger partial charge in [0.25, 0.3) is 0 Å². The maximum Gasteiger partial charge on any atom is 0.328 e. The Hall–Kier alpha value is -3.56. The van der Waals surface area contributed by atoms with Crippen molar-refractivity contribution >= 4 is 41.4 Å². The number of phenolic OH excluding ortho intramolecular Hbond substituents is 1. The second kappa shape index (κ2) is 17.1. The zero-order chi connectivity index (χ0) is 29.5. The standard InChI is InChI=1S/C24H39N7O7S/c1-13(32)19(23(37)38)31-22(36)17(4-3-10-28-24(26)27)30-21(35)18(9-11-39-2)29-20(34)16(25)12-14-5-7-15(33)8-6-14/h5-8,13,16-19,32-33H,3-4,9-12,25H2,1-2H3,(H,29,34)(H,30,35)(H,31,36)(H,37,38)(H4,26,27,28). The lowest BCUT2D eigenvalue weighted by molar-refractivity contribution is -0.145. The molecule has 12 N–H and O–H groups in total. The maximum atomic E-state index is 13.2. The lowest BCUT2D eigenvalue weighted by atomic mass is 10.0. The molecular weight excluding hydrogens is 530 g/mol. The summed E-state index contributed by atoms with van der Waals surface area (Å²) in [4.78, 5) is 54.2. The SMILES string of the molecule is CSCCC(NC(=O)C(N)Cc1ccc(O)cc1)C(=O)NC(CCCN=C(N)N)C(=O)NC(C(=O)O)C(C)O. The van der Waals surface area contributed by atoms with Gasteiger partial charge in [0, 0.05) is 6.54 Å². The minimum atomic E-state index is -1.60. The highest BCUT2D eigenvalue weighted by molar-refractivity contribution is 7.98. The van der Waals surface area contributed by atoms with Crippen LogP contribution in [0.4, 0.5) is 0 Å². The van der Waals surface area contributed by atoms with Crippen LogP contribution in [-0.2, 0) is 25.6 Å². The van der Waals surface area contributed by atoms with Crippen LogP contribution in [0.15, 0.2) is 29.3 Å². The molecular formula is C24H39N7O7S. The zero-order valence-corrected chi connectivity index (χ0v) is 22.8. The van der Waals surface area contributed by atoms with Crippen LogP contribution < -0.4 is 33.2 Å². The number of aromatic hydroxyl groups is 1. The van der Waals surface area contributed by atoms with Crippen molar-refractivity contribution in [3.63, 3.8) is 0 Å². The number of rotatable bonds is 17. The number of amides is 3. The number of carboxylic acids is 1. The summed E-state index contributed by atoms with van der Waals surface area (Å²) in [5.41, 5.74) is 17.4. The quantitative estimate of drug-likeness (QED) is 0.0562. The van der Waals surface area contributed by atoms with Gasteiger partial charge in [-0.15, -0.1) is 0 Å². The van der Waals surface area contributed by atoms with Crippen LogP contribution >= 0.6 is 11.8 Å². The molecule has 0 aliphatic rings. The van der Waals surface area contributed by atoms with Gasteiger partial charge < -0.3 is 48.5 Å². The number of aliphatic imine (C=N–C) groups is 1. The first-order chi connectivity index (χ1) is 18.3. The van der Waals surface area contributed by atoms with Crippen LogP contribution in [0, 0.1) is 0 Å². The summed E-state index contributed by atoms with van der Waals surface area (Å²) in [6, 6.07) is 1.38. The fourth-order valence-corrected chi connectivity index (χ4v) is 3.92. The van der Waals surface area contributed by atoms with Crippen molar-refractivity contribution in [3.05, 3.63) is 29.8 Å². The largest absolute Gasteiger partial charge is 0.508 e. The van der Waals surface area contributed by atoms with E-state index in [9.17, 15) is 34.5 Å². The first-order valence-corrected chi connectivity index (χ1v) is 13.6. The number of carboxylic acid groups (broad SMARTS) is 1. The van der Waals surface area contributed by atoms with Gasteiger partial charge in [0.15, 0.2) is 12.0 Å². The van der Waals surface area contributed by atoms with E-state index in [1.807, 2.05) is 6.26 Å². The number of carbonyl (C=O) groups is 4. The molecule has 1 aromatic rings. The van der Waals surface area contributed by atoms with Crippen LogP contribution in [0.2, 0.25) is 0 Å². The number of benzene rings is 1. The van der Waals surface area contributed by atoms with Gasteiger partial charge in [-0.25, -0.2) is 4.79 Å². The average Bonchev–Trinajstić information content (AvgIpc) is 2.87. The third-order valence-electron chi connectivity index (χ3n) is 5.60. The van der Waals surface area contributed by atoms with E-state index in [4.69, 9.17) is 17.2 Å². The Labute approximate surface area is 231 Å². The molecule has 1 aromatic carbocycles. The fourth-order valence-electron chi connectivity index (χ4n) is 3.45. The number of hydrogen-bond donors (Lipinski definition) is 9. The number of guanidine groups is 1. The molecule has 5 atom stereocenters. The predicted molar refractivity (Wildman–Crippen MR) is 148 cm³/mol. The van der Waals surface area contributed by atoms with E-state index in [0.717, 1.165) is 0 Å². The monoisotopic (exact) mass is 569 g/mol. The Bertz CT molecular complexity index is 988. The fraction of sp³-hybridized carbons (Fsp3) is 0.542. The molecule has 15 heteroatoms. The minimum Gasteiger partial charge on any atom is -0.508 e. The number of aliphatic hydroxyl groups is 1. The molecule has 39 heavy (non-hydrogen) atoms. The number of thioether (sulfide) groups is 1. The molecule has 0 radical (unpaired) electrons. The first kappa shape index (κ1) is 33.5. The molecule has 3 amide bonds. The summed E-state index contributed by atoms with van der Waals surface area (Å²) in [5.74, 6) is -3.10. The molecule has 0 aliphatic heterocycles. The van der Waals surface area contributed by atoms with Crippen molar-refractivity contribution in [2.45, 2.75) is 62.9 Å². The summed E-state index contributed by atoms with van der Waals surface area (Å²) in [6.45, 7) is 1.36. The number of hydrogen-bond acceptors (Lipinski definition) is 9. The number of nitrogens with one attached hydrogen (secondary N) is 3. The summed E-state index contributed by atoms with van der Waals surface area (Å²) in [7, 11) is 0. The van der Waals surface area contributed by atoms with Gasteiger partial charge in [0.2, 0.25) is 17.7 Å². The molecule has 1 rings (SSSR count). The van der Waals surface area contributed by atoms with E-state index < -0.39 is 54.0 Å². The van der Waals surface area contributed by atoms with Crippen molar-refractivity contribution in [2.75, 3.05) is 18.6 Å². The Kier molecular flexibility index (Phi) is 14.7. The van der Waals surface area contributed by atoms with Gasteiger partial charge in [-0.3, -0.25) is 19.4 Å². The number of carbonyl (C=O) groups excluding carboxylic acids is 3. The maximum absolute atomic E-state index is 13.2. The third kappa shape index (κ3) is 12.7. The Morgan fingerprint density at radius 1 is 0.974 bits per heavy atom. The lowest BCUT2D eigenvalue weighted by Gasteiger charge is -2.25. The van der Waals surface area contributed by atoms with E-state index in [0.29, 0.717) is 11.3 Å². The normalized spacial score (nSPS) is 14.7. The van der Waals surface area contributed by atoms with Crippen molar-refractivity contribution in [2.24, 2.45) is 22.2 Å². The molecule has 0 fully saturated rings. The van der Waals surface area contributed by atoms with Crippen LogP contribution in [0.1, 0.15) is 31.7 Å². The van der Waals surface area contributed by atoms with Crippen LogP contribution in [0.3, 0.4) is 0 Å². The van der Waals surface area contributed by atoms with E-state index in [1.54, 1.807) is 12.1 Å². The summed E-state index contributed by atoms with van der Waals surface area (Å²) in [5, 5.41) is 35.9. The Morgan fingerprint density at radius 2 is 1.54 bits per heavy atom. The number of aliphatic carboxylic acids is 1. The summed E-state index contributed by atoms with van der Waals surface area (Å²) >= 11 is 1.45. The number of nitrogens with two attached hydrogens (primary N) is 3. The molecule has 0 saturated heterocycles. The lowest BCUT2D eigenvalue weighted by Crippen LogP contribution is -2.58. The van der Waals surface area contributed by atoms with E-state index in [2.05, 4.69) is 20.9 Å².